The molecule has 104 valence electrons. The molecule has 0 spiro atoms. The van der Waals surface area contributed by atoms with Crippen molar-refractivity contribution in [2.45, 2.75) is 39.3 Å². The van der Waals surface area contributed by atoms with Crippen LogP contribution in [0.2, 0.25) is 0 Å². The number of amides is 2. The maximum absolute atomic E-state index is 11.6. The van der Waals surface area contributed by atoms with Gasteiger partial charge in [0.2, 0.25) is 0 Å². The number of nitrogens with one attached hydrogen (secondary N) is 2. The highest BCUT2D eigenvalue weighted by atomic mass is 16.5. The molecule has 0 aromatic heterocycles. The molecule has 0 aliphatic rings. The first-order valence-electron chi connectivity index (χ1n) is 5.51. The lowest BCUT2D eigenvalue weighted by Gasteiger charge is -2.25. The minimum absolute atomic E-state index is 0.170. The number of rotatable bonds is 5. The number of aliphatic carboxylic acids is 1. The number of hydrogen-bond donors (Lipinski definition) is 3. The Labute approximate surface area is 106 Å². The number of carboxylic acids is 1. The van der Waals surface area contributed by atoms with Crippen LogP contribution in [0.4, 0.5) is 4.79 Å². The van der Waals surface area contributed by atoms with Gasteiger partial charge in [0.15, 0.2) is 0 Å². The molecule has 0 saturated heterocycles. The highest BCUT2D eigenvalue weighted by molar-refractivity contribution is 5.88. The zero-order chi connectivity index (χ0) is 14.5. The van der Waals surface area contributed by atoms with Crippen molar-refractivity contribution < 1.29 is 24.2 Å². The molecule has 18 heavy (non-hydrogen) atoms. The third-order valence-electron chi connectivity index (χ3n) is 2.37. The maximum Gasteiger partial charge on any atom is 0.328 e. The van der Waals surface area contributed by atoms with Crippen LogP contribution in [-0.2, 0) is 14.3 Å². The number of hydrogen-bond acceptors (Lipinski definition) is 4. The van der Waals surface area contributed by atoms with E-state index in [1.165, 1.54) is 21.0 Å². The first-order valence-corrected chi connectivity index (χ1v) is 5.51. The van der Waals surface area contributed by atoms with Crippen LogP contribution in [0.15, 0.2) is 0 Å². The minimum atomic E-state index is -1.41. The number of carbonyl (C=O) groups excluding carboxylic acids is 2. The van der Waals surface area contributed by atoms with Gasteiger partial charge in [0.25, 0.3) is 0 Å². The van der Waals surface area contributed by atoms with Crippen molar-refractivity contribution in [2.75, 3.05) is 7.11 Å². The van der Waals surface area contributed by atoms with Gasteiger partial charge < -0.3 is 20.5 Å². The molecule has 0 aliphatic carbocycles. The Morgan fingerprint density at radius 1 is 1.22 bits per heavy atom. The van der Waals surface area contributed by atoms with Crippen molar-refractivity contribution >= 4 is 18.0 Å². The average Bonchev–Trinajstić information content (AvgIpc) is 2.23. The molecule has 2 amide bonds. The van der Waals surface area contributed by atoms with Gasteiger partial charge >= 0.3 is 18.0 Å². The van der Waals surface area contributed by atoms with Crippen molar-refractivity contribution in [3.63, 3.8) is 0 Å². The third kappa shape index (κ3) is 4.60. The largest absolute Gasteiger partial charge is 0.480 e. The van der Waals surface area contributed by atoms with E-state index in [0.29, 0.717) is 0 Å². The van der Waals surface area contributed by atoms with Crippen LogP contribution in [-0.4, -0.2) is 41.8 Å². The van der Waals surface area contributed by atoms with E-state index in [4.69, 9.17) is 5.11 Å². The fourth-order valence-corrected chi connectivity index (χ4v) is 1.14. The summed E-state index contributed by atoms with van der Waals surface area (Å²) in [5.41, 5.74) is -1.41. The van der Waals surface area contributed by atoms with Gasteiger partial charge in [0.1, 0.15) is 11.6 Å². The molecule has 0 fully saturated rings. The Morgan fingerprint density at radius 3 is 2.06 bits per heavy atom. The van der Waals surface area contributed by atoms with Crippen LogP contribution in [0.1, 0.15) is 27.7 Å². The van der Waals surface area contributed by atoms with Crippen molar-refractivity contribution in [3.05, 3.63) is 0 Å². The van der Waals surface area contributed by atoms with E-state index in [0.717, 1.165) is 0 Å². The lowest BCUT2D eigenvalue weighted by Crippen LogP contribution is -2.57. The van der Waals surface area contributed by atoms with Crippen LogP contribution in [0, 0.1) is 5.92 Å². The second-order valence-electron chi connectivity index (χ2n) is 4.77. The Kier molecular flexibility index (Phi) is 5.61. The highest BCUT2D eigenvalue weighted by Crippen LogP contribution is 2.05. The Morgan fingerprint density at radius 2 is 1.72 bits per heavy atom. The van der Waals surface area contributed by atoms with Gasteiger partial charge in [-0.2, -0.15) is 0 Å². The summed E-state index contributed by atoms with van der Waals surface area (Å²) in [4.78, 5) is 33.8. The average molecular weight is 260 g/mol. The van der Waals surface area contributed by atoms with E-state index in [9.17, 15) is 14.4 Å². The van der Waals surface area contributed by atoms with E-state index in [-0.39, 0.29) is 5.92 Å². The van der Waals surface area contributed by atoms with E-state index in [1.54, 1.807) is 13.8 Å². The lowest BCUT2D eigenvalue weighted by molar-refractivity contribution is -0.144. The quantitative estimate of drug-likeness (QED) is 0.618. The molecular weight excluding hydrogens is 240 g/mol. The topological polar surface area (TPSA) is 105 Å². The molecule has 0 rings (SSSR count). The van der Waals surface area contributed by atoms with E-state index in [1.807, 2.05) is 0 Å². The maximum atomic E-state index is 11.6. The molecular formula is C11H20N2O5. The Balaban J connectivity index is 4.63. The summed E-state index contributed by atoms with van der Waals surface area (Å²) in [6, 6.07) is -1.55. The number of ether oxygens (including phenoxy) is 1. The molecule has 0 aromatic carbocycles. The van der Waals surface area contributed by atoms with E-state index < -0.39 is 29.6 Å². The smallest absolute Gasteiger partial charge is 0.328 e. The monoisotopic (exact) mass is 260 g/mol. The van der Waals surface area contributed by atoms with Crippen LogP contribution >= 0.6 is 0 Å². The van der Waals surface area contributed by atoms with Crippen molar-refractivity contribution in [2.24, 2.45) is 5.92 Å². The Bertz CT molecular complexity index is 338. The fourth-order valence-electron chi connectivity index (χ4n) is 1.14. The summed E-state index contributed by atoms with van der Waals surface area (Å²) in [5.74, 6) is -1.92. The van der Waals surface area contributed by atoms with Gasteiger partial charge in [-0.1, -0.05) is 13.8 Å². The SMILES string of the molecule is COC(=O)C(NC(=O)NC(C)(C)C(=O)O)C(C)C. The first-order chi connectivity index (χ1) is 8.11. The zero-order valence-corrected chi connectivity index (χ0v) is 11.2. The number of carbonyl (C=O) groups is 3. The van der Waals surface area contributed by atoms with Gasteiger partial charge in [-0.05, 0) is 19.8 Å². The second kappa shape index (κ2) is 6.23. The summed E-state index contributed by atoms with van der Waals surface area (Å²) < 4.78 is 4.55. The number of carboxylic acid groups (broad SMARTS) is 1. The van der Waals surface area contributed by atoms with E-state index >= 15 is 0 Å². The van der Waals surface area contributed by atoms with Crippen molar-refractivity contribution in [3.8, 4) is 0 Å². The Hall–Kier alpha value is -1.79. The lowest BCUT2D eigenvalue weighted by atomic mass is 10.0. The summed E-state index contributed by atoms with van der Waals surface area (Å²) in [5, 5.41) is 13.5. The molecule has 0 aliphatic heterocycles. The van der Waals surface area contributed by atoms with Crippen molar-refractivity contribution in [1.29, 1.82) is 0 Å². The summed E-state index contributed by atoms with van der Waals surface area (Å²) >= 11 is 0. The predicted octanol–water partition coefficient (Wildman–Crippen LogP) is 0.346. The summed E-state index contributed by atoms with van der Waals surface area (Å²) in [7, 11) is 1.22. The first kappa shape index (κ1) is 16.2. The highest BCUT2D eigenvalue weighted by Gasteiger charge is 2.31. The second-order valence-corrected chi connectivity index (χ2v) is 4.77. The number of urea groups is 1. The molecule has 3 N–H and O–H groups in total. The normalized spacial score (nSPS) is 12.8. The summed E-state index contributed by atoms with van der Waals surface area (Å²) in [6.45, 7) is 6.17. The standard InChI is InChI=1S/C11H20N2O5/c1-6(2)7(8(14)18-5)12-10(17)13-11(3,4)9(15)16/h6-7H,1-5H3,(H,15,16)(H2,12,13,17). The third-order valence-corrected chi connectivity index (χ3v) is 2.37. The van der Waals surface area contributed by atoms with Gasteiger partial charge in [0.05, 0.1) is 7.11 Å². The van der Waals surface area contributed by atoms with Crippen molar-refractivity contribution in [1.82, 2.24) is 10.6 Å². The molecule has 0 aromatic rings. The van der Waals surface area contributed by atoms with Gasteiger partial charge in [0, 0.05) is 0 Å². The molecule has 0 radical (unpaired) electrons. The molecule has 0 heterocycles. The molecule has 1 unspecified atom stereocenters. The summed E-state index contributed by atoms with van der Waals surface area (Å²) in [6.07, 6.45) is 0. The molecule has 7 nitrogen and oxygen atoms in total. The fraction of sp³-hybridized carbons (Fsp3) is 0.727. The van der Waals surface area contributed by atoms with Crippen LogP contribution in [0.3, 0.4) is 0 Å². The molecule has 0 bridgehead atoms. The minimum Gasteiger partial charge on any atom is -0.480 e. The number of methoxy groups -OCH3 is 1. The van der Waals surface area contributed by atoms with Crippen LogP contribution < -0.4 is 10.6 Å². The van der Waals surface area contributed by atoms with Gasteiger partial charge in [-0.25, -0.2) is 14.4 Å². The molecule has 1 atom stereocenters. The van der Waals surface area contributed by atoms with Gasteiger partial charge in [-0.3, -0.25) is 0 Å². The van der Waals surface area contributed by atoms with Crippen LogP contribution in [0.25, 0.3) is 0 Å². The molecule has 7 heteroatoms. The zero-order valence-electron chi connectivity index (χ0n) is 11.2. The van der Waals surface area contributed by atoms with Crippen LogP contribution in [0.5, 0.6) is 0 Å². The predicted molar refractivity (Wildman–Crippen MR) is 64.0 cm³/mol. The van der Waals surface area contributed by atoms with E-state index in [2.05, 4.69) is 15.4 Å². The van der Waals surface area contributed by atoms with Gasteiger partial charge in [-0.15, -0.1) is 0 Å². The molecule has 0 saturated carbocycles. The number of esters is 1.